The van der Waals surface area contributed by atoms with Gasteiger partial charge in [-0.1, -0.05) is 118 Å². The van der Waals surface area contributed by atoms with E-state index in [4.69, 9.17) is 9.47 Å². The van der Waals surface area contributed by atoms with Crippen molar-refractivity contribution < 1.29 is 9.47 Å². The molecule has 0 heterocycles. The van der Waals surface area contributed by atoms with Crippen LogP contribution < -0.4 is 10.6 Å². The van der Waals surface area contributed by atoms with Gasteiger partial charge in [0.2, 0.25) is 5.79 Å². The van der Waals surface area contributed by atoms with Gasteiger partial charge in [-0.3, -0.25) is 0 Å². The molecule has 0 saturated heterocycles. The lowest BCUT2D eigenvalue weighted by atomic mass is 9.81. The Morgan fingerprint density at radius 2 is 0.935 bits per heavy atom. The highest BCUT2D eigenvalue weighted by Crippen LogP contribution is 2.42. The zero-order valence-corrected chi connectivity index (χ0v) is 18.9. The van der Waals surface area contributed by atoms with Gasteiger partial charge in [0.1, 0.15) is 0 Å². The van der Waals surface area contributed by atoms with Gasteiger partial charge in [0.05, 0.1) is 0 Å². The lowest BCUT2D eigenvalue weighted by molar-refractivity contribution is -0.185. The smallest absolute Gasteiger partial charge is 0.222 e. The summed E-state index contributed by atoms with van der Waals surface area (Å²) in [6, 6.07) is 37.8. The number of fused-ring (bicyclic) bond motifs is 2. The van der Waals surface area contributed by atoms with Gasteiger partial charge in [-0.05, 0) is 28.2 Å². The summed E-state index contributed by atoms with van der Waals surface area (Å²) >= 11 is 0. The highest BCUT2D eigenvalue weighted by atomic mass is 31.1. The van der Waals surface area contributed by atoms with E-state index in [0.717, 1.165) is 26.1 Å². The molecule has 1 aliphatic carbocycles. The van der Waals surface area contributed by atoms with E-state index in [1.54, 1.807) is 14.2 Å². The van der Waals surface area contributed by atoms with Crippen LogP contribution in [-0.2, 0) is 21.7 Å². The number of ether oxygens (including phenoxy) is 2. The van der Waals surface area contributed by atoms with E-state index in [0.29, 0.717) is 0 Å². The summed E-state index contributed by atoms with van der Waals surface area (Å²) < 4.78 is 11.5. The van der Waals surface area contributed by atoms with E-state index in [1.165, 1.54) is 21.7 Å². The van der Waals surface area contributed by atoms with Crippen LogP contribution >= 0.6 is 8.58 Å². The Morgan fingerprint density at radius 1 is 0.548 bits per heavy atom. The fourth-order valence-corrected chi connectivity index (χ4v) is 5.13. The van der Waals surface area contributed by atoms with Crippen molar-refractivity contribution in [3.63, 3.8) is 0 Å². The summed E-state index contributed by atoms with van der Waals surface area (Å²) in [5, 5.41) is 2.79. The minimum atomic E-state index is -0.772. The van der Waals surface area contributed by atoms with Crippen molar-refractivity contribution in [3.05, 3.63) is 131 Å². The van der Waals surface area contributed by atoms with Crippen molar-refractivity contribution in [1.29, 1.82) is 0 Å². The maximum atomic E-state index is 5.76. The van der Waals surface area contributed by atoms with Gasteiger partial charge in [0.25, 0.3) is 0 Å². The molecular weight excluding hydrogens is 399 g/mol. The first-order valence-corrected chi connectivity index (χ1v) is 11.4. The molecule has 0 fully saturated rings. The SMILES string of the molecule is COC1(OC)c2ccccc2Cc2ccccc21.c1ccc(Pc2ccccc2)cc1. The summed E-state index contributed by atoms with van der Waals surface area (Å²) in [4.78, 5) is 0. The molecule has 2 nitrogen and oxygen atoms in total. The van der Waals surface area contributed by atoms with Gasteiger partial charge in [-0.25, -0.2) is 0 Å². The van der Waals surface area contributed by atoms with Crippen LogP contribution in [0.25, 0.3) is 0 Å². The molecule has 4 aromatic rings. The Kier molecular flexibility index (Phi) is 6.94. The van der Waals surface area contributed by atoms with E-state index >= 15 is 0 Å². The molecule has 0 atom stereocenters. The lowest BCUT2D eigenvalue weighted by Gasteiger charge is -2.38. The molecule has 0 aliphatic heterocycles. The second-order valence-electron chi connectivity index (χ2n) is 7.37. The van der Waals surface area contributed by atoms with Crippen LogP contribution in [0.3, 0.4) is 0 Å². The second-order valence-corrected chi connectivity index (χ2v) is 8.78. The third-order valence-electron chi connectivity index (χ3n) is 5.54. The molecule has 3 heteroatoms. The molecule has 0 aromatic heterocycles. The highest BCUT2D eigenvalue weighted by Gasteiger charge is 2.40. The van der Waals surface area contributed by atoms with E-state index in [-0.39, 0.29) is 0 Å². The van der Waals surface area contributed by atoms with Gasteiger partial charge in [0, 0.05) is 25.3 Å². The van der Waals surface area contributed by atoms with E-state index in [9.17, 15) is 0 Å². The summed E-state index contributed by atoms with van der Waals surface area (Å²) in [5.74, 6) is -0.772. The van der Waals surface area contributed by atoms with Crippen LogP contribution in [0.4, 0.5) is 0 Å². The van der Waals surface area contributed by atoms with E-state index in [2.05, 4.69) is 97.1 Å². The molecule has 1 aliphatic rings. The standard InChI is InChI=1S/C16H16O2.C12H11P/c1-17-16(18-2)14-9-5-3-7-12(14)11-13-8-4-6-10-15(13)16;1-3-7-11(8-4-1)13-12-9-5-2-6-10-12/h3-10H,11H2,1-2H3;1-10,13H. The predicted octanol–water partition coefficient (Wildman–Crippen LogP) is 5.40. The zero-order chi connectivity index (χ0) is 21.5. The molecule has 0 N–H and O–H groups in total. The number of hydrogen-bond donors (Lipinski definition) is 0. The van der Waals surface area contributed by atoms with Crippen LogP contribution in [0.5, 0.6) is 0 Å². The average molecular weight is 426 g/mol. The lowest BCUT2D eigenvalue weighted by Crippen LogP contribution is -2.37. The fraction of sp³-hybridized carbons (Fsp3) is 0.143. The first-order chi connectivity index (χ1) is 15.3. The zero-order valence-electron chi connectivity index (χ0n) is 17.9. The Hall–Kier alpha value is -2.77. The number of rotatable bonds is 4. The number of benzene rings is 4. The quantitative estimate of drug-likeness (QED) is 0.321. The number of hydrogen-bond acceptors (Lipinski definition) is 2. The van der Waals surface area contributed by atoms with Crippen LogP contribution in [0, 0.1) is 0 Å². The topological polar surface area (TPSA) is 18.5 Å². The summed E-state index contributed by atoms with van der Waals surface area (Å²) in [5.41, 5.74) is 4.74. The van der Waals surface area contributed by atoms with Crippen molar-refractivity contribution in [2.75, 3.05) is 14.2 Å². The van der Waals surface area contributed by atoms with E-state index < -0.39 is 5.79 Å². The molecule has 31 heavy (non-hydrogen) atoms. The molecule has 0 spiro atoms. The largest absolute Gasteiger partial charge is 0.346 e. The molecule has 4 aromatic carbocycles. The Morgan fingerprint density at radius 3 is 1.35 bits per heavy atom. The first kappa shape index (κ1) is 21.5. The molecule has 0 unspecified atom stereocenters. The maximum absolute atomic E-state index is 5.76. The fourth-order valence-electron chi connectivity index (χ4n) is 4.07. The molecule has 0 radical (unpaired) electrons. The first-order valence-electron chi connectivity index (χ1n) is 10.4. The van der Waals surface area contributed by atoms with Gasteiger partial charge in [-0.15, -0.1) is 0 Å². The van der Waals surface area contributed by atoms with Crippen molar-refractivity contribution in [2.45, 2.75) is 12.2 Å². The Balaban J connectivity index is 0.000000158. The predicted molar refractivity (Wildman–Crippen MR) is 131 cm³/mol. The Bertz CT molecular complexity index is 1020. The van der Waals surface area contributed by atoms with Crippen molar-refractivity contribution in [1.82, 2.24) is 0 Å². The van der Waals surface area contributed by atoms with Crippen LogP contribution in [0.15, 0.2) is 109 Å². The third kappa shape index (κ3) is 4.62. The summed E-state index contributed by atoms with van der Waals surface area (Å²) in [7, 11) is 4.17. The summed E-state index contributed by atoms with van der Waals surface area (Å²) in [6.45, 7) is 0. The van der Waals surface area contributed by atoms with Crippen LogP contribution in [0.1, 0.15) is 22.3 Å². The van der Waals surface area contributed by atoms with Gasteiger partial charge in [-0.2, -0.15) is 0 Å². The molecule has 5 rings (SSSR count). The van der Waals surface area contributed by atoms with Gasteiger partial charge in [0.15, 0.2) is 0 Å². The summed E-state index contributed by atoms with van der Waals surface area (Å²) in [6.07, 6.45) is 0.931. The van der Waals surface area contributed by atoms with Gasteiger partial charge >= 0.3 is 0 Å². The highest BCUT2D eigenvalue weighted by molar-refractivity contribution is 7.55. The average Bonchev–Trinajstić information content (AvgIpc) is 2.84. The third-order valence-corrected chi connectivity index (χ3v) is 6.78. The minimum Gasteiger partial charge on any atom is -0.346 e. The normalized spacial score (nSPS) is 13.4. The van der Waals surface area contributed by atoms with Crippen molar-refractivity contribution in [3.8, 4) is 0 Å². The van der Waals surface area contributed by atoms with Crippen LogP contribution in [0.2, 0.25) is 0 Å². The monoisotopic (exact) mass is 426 g/mol. The molecular formula is C28H27O2P. The Labute approximate surface area is 186 Å². The van der Waals surface area contributed by atoms with Gasteiger partial charge < -0.3 is 9.47 Å². The molecule has 156 valence electrons. The minimum absolute atomic E-state index is 0.772. The van der Waals surface area contributed by atoms with Crippen LogP contribution in [-0.4, -0.2) is 14.2 Å². The van der Waals surface area contributed by atoms with E-state index in [1.807, 2.05) is 12.1 Å². The van der Waals surface area contributed by atoms with Crippen molar-refractivity contribution >= 4 is 19.2 Å². The molecule has 0 amide bonds. The maximum Gasteiger partial charge on any atom is 0.222 e. The molecule has 0 bridgehead atoms. The van der Waals surface area contributed by atoms with Crippen molar-refractivity contribution in [2.24, 2.45) is 0 Å². The number of methoxy groups -OCH3 is 2. The molecule has 0 saturated carbocycles. The second kappa shape index (κ2) is 10.0.